The van der Waals surface area contributed by atoms with Crippen molar-refractivity contribution < 1.29 is 4.79 Å². The van der Waals surface area contributed by atoms with E-state index < -0.39 is 0 Å². The maximum Gasteiger partial charge on any atom is 0.269 e. The van der Waals surface area contributed by atoms with Gasteiger partial charge in [0.1, 0.15) is 6.54 Å². The van der Waals surface area contributed by atoms with Crippen molar-refractivity contribution in [3.05, 3.63) is 34.0 Å². The number of piperidine rings is 1. The fourth-order valence-electron chi connectivity index (χ4n) is 3.37. The smallest absolute Gasteiger partial charge is 0.269 e. The van der Waals surface area contributed by atoms with Gasteiger partial charge in [-0.2, -0.15) is 10.2 Å². The average Bonchev–Trinajstić information content (AvgIpc) is 2.91. The molecular formula is C18H26N6O2. The average molecular weight is 358 g/mol. The molecular weight excluding hydrogens is 332 g/mol. The second-order valence-electron chi connectivity index (χ2n) is 6.67. The van der Waals surface area contributed by atoms with Crippen molar-refractivity contribution >= 4 is 17.3 Å². The number of hydrogen-bond acceptors (Lipinski definition) is 5. The van der Waals surface area contributed by atoms with Crippen LogP contribution in [-0.2, 0) is 17.9 Å². The van der Waals surface area contributed by atoms with E-state index in [4.69, 9.17) is 0 Å². The quantitative estimate of drug-likeness (QED) is 0.879. The highest BCUT2D eigenvalue weighted by Gasteiger charge is 2.16. The van der Waals surface area contributed by atoms with Crippen LogP contribution in [0.1, 0.15) is 37.6 Å². The highest BCUT2D eigenvalue weighted by atomic mass is 16.2. The highest BCUT2D eigenvalue weighted by Crippen LogP contribution is 2.19. The van der Waals surface area contributed by atoms with Gasteiger partial charge in [0.2, 0.25) is 5.91 Å². The molecule has 0 spiro atoms. The predicted molar refractivity (Wildman–Crippen MR) is 101 cm³/mol. The SMILES string of the molecule is CCn1nc(C)c(NC(=O)Cn2ncc(N3CCCCC3)cc2=O)c1C. The van der Waals surface area contributed by atoms with Gasteiger partial charge in [-0.25, -0.2) is 4.68 Å². The first-order valence-electron chi connectivity index (χ1n) is 9.15. The number of amides is 1. The molecule has 1 fully saturated rings. The summed E-state index contributed by atoms with van der Waals surface area (Å²) in [5.41, 5.74) is 2.94. The molecule has 0 aromatic carbocycles. The molecule has 0 bridgehead atoms. The predicted octanol–water partition coefficient (Wildman–Crippen LogP) is 1.71. The molecule has 1 aliphatic rings. The van der Waals surface area contributed by atoms with Crippen LogP contribution >= 0.6 is 0 Å². The van der Waals surface area contributed by atoms with Gasteiger partial charge in [0.05, 0.1) is 29.0 Å². The van der Waals surface area contributed by atoms with Crippen molar-refractivity contribution in [2.75, 3.05) is 23.3 Å². The van der Waals surface area contributed by atoms with Gasteiger partial charge in [-0.15, -0.1) is 0 Å². The van der Waals surface area contributed by atoms with Crippen molar-refractivity contribution in [1.29, 1.82) is 0 Å². The minimum Gasteiger partial charge on any atom is -0.370 e. The van der Waals surface area contributed by atoms with Gasteiger partial charge in [-0.3, -0.25) is 14.3 Å². The van der Waals surface area contributed by atoms with E-state index in [0.29, 0.717) is 5.69 Å². The van der Waals surface area contributed by atoms with Crippen LogP contribution in [0, 0.1) is 13.8 Å². The molecule has 0 unspecified atom stereocenters. The lowest BCUT2D eigenvalue weighted by molar-refractivity contribution is -0.117. The Balaban J connectivity index is 1.69. The zero-order chi connectivity index (χ0) is 18.7. The van der Waals surface area contributed by atoms with Crippen LogP contribution in [0.5, 0.6) is 0 Å². The summed E-state index contributed by atoms with van der Waals surface area (Å²) in [6, 6.07) is 1.57. The third-order valence-corrected chi connectivity index (χ3v) is 4.82. The van der Waals surface area contributed by atoms with Crippen LogP contribution in [0.4, 0.5) is 11.4 Å². The Labute approximate surface area is 152 Å². The molecule has 140 valence electrons. The van der Waals surface area contributed by atoms with Crippen LogP contribution in [0.15, 0.2) is 17.1 Å². The summed E-state index contributed by atoms with van der Waals surface area (Å²) in [6.07, 6.45) is 5.17. The Morgan fingerprint density at radius 1 is 1.19 bits per heavy atom. The summed E-state index contributed by atoms with van der Waals surface area (Å²) in [4.78, 5) is 26.9. The fraction of sp³-hybridized carbons (Fsp3) is 0.556. The third kappa shape index (κ3) is 3.79. The van der Waals surface area contributed by atoms with Gasteiger partial charge in [-0.05, 0) is 40.0 Å². The Hall–Kier alpha value is -2.64. The van der Waals surface area contributed by atoms with Crippen molar-refractivity contribution in [2.45, 2.75) is 53.1 Å². The van der Waals surface area contributed by atoms with Gasteiger partial charge in [-0.1, -0.05) is 0 Å². The molecule has 2 aromatic heterocycles. The van der Waals surface area contributed by atoms with Crippen molar-refractivity contribution in [3.8, 4) is 0 Å². The number of rotatable bonds is 5. The van der Waals surface area contributed by atoms with E-state index in [1.165, 1.54) is 11.1 Å². The Bertz CT molecular complexity index is 848. The largest absolute Gasteiger partial charge is 0.370 e. The van der Waals surface area contributed by atoms with Gasteiger partial charge in [0, 0.05) is 25.7 Å². The van der Waals surface area contributed by atoms with Gasteiger partial charge in [0.15, 0.2) is 0 Å². The van der Waals surface area contributed by atoms with E-state index in [2.05, 4.69) is 20.4 Å². The number of nitrogens with zero attached hydrogens (tertiary/aromatic N) is 5. The maximum absolute atomic E-state index is 12.4. The fourth-order valence-corrected chi connectivity index (χ4v) is 3.37. The van der Waals surface area contributed by atoms with E-state index in [9.17, 15) is 9.59 Å². The molecule has 0 atom stereocenters. The summed E-state index contributed by atoms with van der Waals surface area (Å²) in [5.74, 6) is -0.285. The summed E-state index contributed by atoms with van der Waals surface area (Å²) in [5, 5.41) is 11.4. The number of nitrogens with one attached hydrogen (secondary N) is 1. The van der Waals surface area contributed by atoms with Crippen molar-refractivity contribution in [1.82, 2.24) is 19.6 Å². The monoisotopic (exact) mass is 358 g/mol. The minimum absolute atomic E-state index is 0.116. The number of aryl methyl sites for hydroxylation is 2. The molecule has 2 aromatic rings. The molecule has 1 N–H and O–H groups in total. The summed E-state index contributed by atoms with van der Waals surface area (Å²) < 4.78 is 3.03. The zero-order valence-electron chi connectivity index (χ0n) is 15.7. The Kier molecular flexibility index (Phi) is 5.39. The van der Waals surface area contributed by atoms with E-state index in [0.717, 1.165) is 49.6 Å². The Morgan fingerprint density at radius 3 is 2.54 bits per heavy atom. The molecule has 1 aliphatic heterocycles. The van der Waals surface area contributed by atoms with Crippen molar-refractivity contribution in [3.63, 3.8) is 0 Å². The van der Waals surface area contributed by atoms with E-state index >= 15 is 0 Å². The molecule has 3 rings (SSSR count). The molecule has 8 nitrogen and oxygen atoms in total. The van der Waals surface area contributed by atoms with E-state index in [-0.39, 0.29) is 18.0 Å². The van der Waals surface area contributed by atoms with E-state index in [1.807, 2.05) is 25.5 Å². The lowest BCUT2D eigenvalue weighted by Crippen LogP contribution is -2.33. The van der Waals surface area contributed by atoms with Crippen LogP contribution < -0.4 is 15.8 Å². The van der Waals surface area contributed by atoms with E-state index in [1.54, 1.807) is 12.3 Å². The third-order valence-electron chi connectivity index (χ3n) is 4.82. The highest BCUT2D eigenvalue weighted by molar-refractivity contribution is 5.91. The number of anilines is 2. The molecule has 0 saturated carbocycles. The second kappa shape index (κ2) is 7.72. The van der Waals surface area contributed by atoms with Crippen molar-refractivity contribution in [2.24, 2.45) is 0 Å². The summed E-state index contributed by atoms with van der Waals surface area (Å²) >= 11 is 0. The molecule has 0 radical (unpaired) electrons. The number of carbonyl (C=O) groups excluding carboxylic acids is 1. The van der Waals surface area contributed by atoms with Crippen LogP contribution in [0.2, 0.25) is 0 Å². The topological polar surface area (TPSA) is 85.1 Å². The van der Waals surface area contributed by atoms with Gasteiger partial charge < -0.3 is 10.2 Å². The first-order valence-corrected chi connectivity index (χ1v) is 9.15. The maximum atomic E-state index is 12.4. The first kappa shape index (κ1) is 18.2. The zero-order valence-corrected chi connectivity index (χ0v) is 15.7. The first-order chi connectivity index (χ1) is 12.5. The van der Waals surface area contributed by atoms with Crippen LogP contribution in [0.25, 0.3) is 0 Å². The summed E-state index contributed by atoms with van der Waals surface area (Å²) in [7, 11) is 0. The lowest BCUT2D eigenvalue weighted by atomic mass is 10.1. The van der Waals surface area contributed by atoms with Gasteiger partial charge in [0.25, 0.3) is 5.56 Å². The number of hydrogen-bond donors (Lipinski definition) is 1. The molecule has 0 aliphatic carbocycles. The molecule has 8 heteroatoms. The normalized spacial score (nSPS) is 14.5. The summed E-state index contributed by atoms with van der Waals surface area (Å²) in [6.45, 7) is 8.29. The van der Waals surface area contributed by atoms with Gasteiger partial charge >= 0.3 is 0 Å². The second-order valence-corrected chi connectivity index (χ2v) is 6.67. The minimum atomic E-state index is -0.285. The standard InChI is InChI=1S/C18H26N6O2/c1-4-23-14(3)18(13(2)21-23)20-16(25)12-24-17(26)10-15(11-19-24)22-8-6-5-7-9-22/h10-11H,4-9,12H2,1-3H3,(H,20,25). The molecule has 1 amide bonds. The van der Waals surface area contributed by atoms with Crippen LogP contribution in [0.3, 0.4) is 0 Å². The van der Waals surface area contributed by atoms with Crippen LogP contribution in [-0.4, -0.2) is 38.6 Å². The lowest BCUT2D eigenvalue weighted by Gasteiger charge is -2.28. The molecule has 26 heavy (non-hydrogen) atoms. The molecule has 1 saturated heterocycles. The number of carbonyl (C=O) groups is 1. The Morgan fingerprint density at radius 2 is 1.92 bits per heavy atom. The molecule has 3 heterocycles. The number of aromatic nitrogens is 4.